The average Bonchev–Trinajstić information content (AvgIpc) is 3.12. The van der Waals surface area contributed by atoms with Crippen molar-refractivity contribution in [2.24, 2.45) is 0 Å². The molecular formula is C20H18N6O. The van der Waals surface area contributed by atoms with Crippen LogP contribution in [0.4, 0.5) is 11.5 Å². The van der Waals surface area contributed by atoms with Gasteiger partial charge >= 0.3 is 0 Å². The Morgan fingerprint density at radius 2 is 1.81 bits per heavy atom. The highest BCUT2D eigenvalue weighted by molar-refractivity contribution is 6.02. The van der Waals surface area contributed by atoms with Gasteiger partial charge < -0.3 is 15.0 Å². The largest absolute Gasteiger partial charge is 0.368 e. The number of anilines is 2. The van der Waals surface area contributed by atoms with Crippen LogP contribution in [0.5, 0.6) is 0 Å². The number of hydrogen-bond donors (Lipinski definition) is 2. The van der Waals surface area contributed by atoms with E-state index in [1.54, 1.807) is 12.1 Å². The molecule has 0 radical (unpaired) electrons. The third-order valence-electron chi connectivity index (χ3n) is 4.03. The molecule has 0 saturated carbocycles. The third kappa shape index (κ3) is 4.09. The molecular weight excluding hydrogens is 340 g/mol. The summed E-state index contributed by atoms with van der Waals surface area (Å²) in [6, 6.07) is 18.6. The molecule has 0 unspecified atom stereocenters. The number of nitrogens with zero attached hydrogens (tertiary/aromatic N) is 4. The summed E-state index contributed by atoms with van der Waals surface area (Å²) in [7, 11) is 0. The maximum Gasteiger partial charge on any atom is 0.276 e. The molecule has 1 aromatic carbocycles. The minimum Gasteiger partial charge on any atom is -0.368 e. The van der Waals surface area contributed by atoms with Crippen molar-refractivity contribution in [1.29, 1.82) is 0 Å². The van der Waals surface area contributed by atoms with E-state index < -0.39 is 0 Å². The van der Waals surface area contributed by atoms with E-state index >= 15 is 0 Å². The lowest BCUT2D eigenvalue weighted by atomic mass is 10.3. The first-order valence-corrected chi connectivity index (χ1v) is 8.64. The molecule has 7 nitrogen and oxygen atoms in total. The molecule has 0 aliphatic rings. The SMILES string of the molecule is O=C(Nc1ccccc1)c1ccc(NCCc2cn3ccccc3n2)nn1. The Morgan fingerprint density at radius 1 is 0.963 bits per heavy atom. The molecule has 2 N–H and O–H groups in total. The van der Waals surface area contributed by atoms with Crippen molar-refractivity contribution in [3.05, 3.63) is 84.4 Å². The molecule has 27 heavy (non-hydrogen) atoms. The van der Waals surface area contributed by atoms with E-state index in [0.717, 1.165) is 23.4 Å². The van der Waals surface area contributed by atoms with Gasteiger partial charge in [-0.3, -0.25) is 4.79 Å². The second-order valence-electron chi connectivity index (χ2n) is 6.00. The quantitative estimate of drug-likeness (QED) is 0.553. The highest BCUT2D eigenvalue weighted by atomic mass is 16.1. The van der Waals surface area contributed by atoms with E-state index in [4.69, 9.17) is 0 Å². The highest BCUT2D eigenvalue weighted by Gasteiger charge is 2.08. The molecule has 3 heterocycles. The molecule has 0 saturated heterocycles. The van der Waals surface area contributed by atoms with Gasteiger partial charge in [-0.15, -0.1) is 10.2 Å². The van der Waals surface area contributed by atoms with Gasteiger partial charge in [-0.1, -0.05) is 24.3 Å². The van der Waals surface area contributed by atoms with E-state index in [0.29, 0.717) is 12.4 Å². The predicted octanol–water partition coefficient (Wildman–Crippen LogP) is 3.03. The summed E-state index contributed by atoms with van der Waals surface area (Å²) < 4.78 is 2.00. The third-order valence-corrected chi connectivity index (χ3v) is 4.03. The zero-order valence-electron chi connectivity index (χ0n) is 14.5. The minimum absolute atomic E-state index is 0.268. The zero-order chi connectivity index (χ0) is 18.5. The number of fused-ring (bicyclic) bond motifs is 1. The van der Waals surface area contributed by atoms with Gasteiger partial charge in [-0.2, -0.15) is 0 Å². The molecule has 4 aromatic rings. The lowest BCUT2D eigenvalue weighted by molar-refractivity contribution is 0.102. The van der Waals surface area contributed by atoms with E-state index in [-0.39, 0.29) is 11.6 Å². The number of benzene rings is 1. The van der Waals surface area contributed by atoms with E-state index in [1.165, 1.54) is 0 Å². The standard InChI is InChI=1S/C20H18N6O/c27-20(23-15-6-2-1-3-7-15)17-9-10-18(25-24-17)21-12-11-16-14-26-13-5-4-8-19(26)22-16/h1-10,13-14H,11-12H2,(H,21,25)(H,23,27). The van der Waals surface area contributed by atoms with E-state index in [1.807, 2.05) is 65.3 Å². The fourth-order valence-electron chi connectivity index (χ4n) is 2.69. The molecule has 1 amide bonds. The van der Waals surface area contributed by atoms with Gasteiger partial charge in [0.25, 0.3) is 5.91 Å². The summed E-state index contributed by atoms with van der Waals surface area (Å²) in [4.78, 5) is 16.7. The van der Waals surface area contributed by atoms with Crippen molar-refractivity contribution >= 4 is 23.1 Å². The van der Waals surface area contributed by atoms with Crippen LogP contribution in [0.2, 0.25) is 0 Å². The van der Waals surface area contributed by atoms with Crippen LogP contribution in [-0.4, -0.2) is 32.0 Å². The number of rotatable bonds is 6. The zero-order valence-corrected chi connectivity index (χ0v) is 14.5. The van der Waals surface area contributed by atoms with Crippen LogP contribution in [0, 0.1) is 0 Å². The first-order valence-electron chi connectivity index (χ1n) is 8.64. The summed E-state index contributed by atoms with van der Waals surface area (Å²) in [6.45, 7) is 0.675. The first-order chi connectivity index (χ1) is 13.3. The molecule has 7 heteroatoms. The van der Waals surface area contributed by atoms with Crippen LogP contribution >= 0.6 is 0 Å². The number of pyridine rings is 1. The van der Waals surface area contributed by atoms with Crippen molar-refractivity contribution in [3.8, 4) is 0 Å². The number of hydrogen-bond acceptors (Lipinski definition) is 5. The predicted molar refractivity (Wildman–Crippen MR) is 104 cm³/mol. The van der Waals surface area contributed by atoms with E-state index in [2.05, 4.69) is 25.8 Å². The van der Waals surface area contributed by atoms with Gasteiger partial charge in [-0.05, 0) is 36.4 Å². The topological polar surface area (TPSA) is 84.2 Å². The Labute approximate surface area is 156 Å². The maximum atomic E-state index is 12.2. The Kier molecular flexibility index (Phi) is 4.74. The number of aromatic nitrogens is 4. The summed E-state index contributed by atoms with van der Waals surface area (Å²) >= 11 is 0. The second-order valence-corrected chi connectivity index (χ2v) is 6.00. The Morgan fingerprint density at radius 3 is 2.59 bits per heavy atom. The van der Waals surface area contributed by atoms with Crippen LogP contribution < -0.4 is 10.6 Å². The van der Waals surface area contributed by atoms with Gasteiger partial charge in [0.1, 0.15) is 11.5 Å². The van der Waals surface area contributed by atoms with Crippen LogP contribution in [-0.2, 0) is 6.42 Å². The maximum absolute atomic E-state index is 12.2. The second kappa shape index (κ2) is 7.65. The van der Waals surface area contributed by atoms with Crippen molar-refractivity contribution < 1.29 is 4.79 Å². The molecule has 0 aliphatic carbocycles. The molecule has 0 bridgehead atoms. The summed E-state index contributed by atoms with van der Waals surface area (Å²) in [5, 5.41) is 14.0. The molecule has 0 fully saturated rings. The first kappa shape index (κ1) is 16.7. The van der Waals surface area contributed by atoms with Crippen LogP contribution in [0.1, 0.15) is 16.2 Å². The lowest BCUT2D eigenvalue weighted by Gasteiger charge is -2.06. The monoisotopic (exact) mass is 358 g/mol. The molecule has 0 atom stereocenters. The number of carbonyl (C=O) groups excluding carboxylic acids is 1. The molecule has 0 aliphatic heterocycles. The number of carbonyl (C=O) groups is 1. The Hall–Kier alpha value is -3.74. The van der Waals surface area contributed by atoms with Gasteiger partial charge in [0.05, 0.1) is 5.69 Å². The lowest BCUT2D eigenvalue weighted by Crippen LogP contribution is -2.15. The number of nitrogens with one attached hydrogen (secondary N) is 2. The number of amides is 1. The minimum atomic E-state index is -0.287. The summed E-state index contributed by atoms with van der Waals surface area (Å²) in [5.41, 5.74) is 2.92. The van der Waals surface area contributed by atoms with Crippen molar-refractivity contribution in [2.45, 2.75) is 6.42 Å². The van der Waals surface area contributed by atoms with Crippen LogP contribution in [0.15, 0.2) is 73.1 Å². The fourth-order valence-corrected chi connectivity index (χ4v) is 2.69. The molecule has 0 spiro atoms. The van der Waals surface area contributed by atoms with E-state index in [9.17, 15) is 4.79 Å². The van der Waals surface area contributed by atoms with Gasteiger partial charge in [0.2, 0.25) is 0 Å². The summed E-state index contributed by atoms with van der Waals surface area (Å²) in [6.07, 6.45) is 4.75. The molecule has 4 rings (SSSR count). The van der Waals surface area contributed by atoms with Gasteiger partial charge in [-0.25, -0.2) is 4.98 Å². The van der Waals surface area contributed by atoms with Crippen LogP contribution in [0.25, 0.3) is 5.65 Å². The normalized spacial score (nSPS) is 10.7. The Bertz CT molecular complexity index is 1010. The summed E-state index contributed by atoms with van der Waals surface area (Å²) in [5.74, 6) is 0.333. The average molecular weight is 358 g/mol. The molecule has 134 valence electrons. The molecule has 3 aromatic heterocycles. The smallest absolute Gasteiger partial charge is 0.276 e. The number of imidazole rings is 1. The highest BCUT2D eigenvalue weighted by Crippen LogP contribution is 2.09. The fraction of sp³-hybridized carbons (Fsp3) is 0.100. The Balaban J connectivity index is 1.31. The van der Waals surface area contributed by atoms with Gasteiger partial charge in [0, 0.05) is 31.0 Å². The van der Waals surface area contributed by atoms with Crippen molar-refractivity contribution in [3.63, 3.8) is 0 Å². The van der Waals surface area contributed by atoms with Crippen molar-refractivity contribution in [1.82, 2.24) is 19.6 Å². The number of para-hydroxylation sites is 1. The van der Waals surface area contributed by atoms with Gasteiger partial charge in [0.15, 0.2) is 5.69 Å². The van der Waals surface area contributed by atoms with Crippen LogP contribution in [0.3, 0.4) is 0 Å². The van der Waals surface area contributed by atoms with Crippen molar-refractivity contribution in [2.75, 3.05) is 17.2 Å².